The first-order chi connectivity index (χ1) is 8.43. The van der Waals surface area contributed by atoms with Gasteiger partial charge in [0.05, 0.1) is 0 Å². The molecule has 0 amide bonds. The van der Waals surface area contributed by atoms with Crippen LogP contribution in [0.4, 0.5) is 0 Å². The average Bonchev–Trinajstić information content (AvgIpc) is 2.16. The molecule has 0 saturated heterocycles. The third kappa shape index (κ3) is 4.52. The number of hydrogen-bond acceptors (Lipinski definition) is 1. The van der Waals surface area contributed by atoms with Crippen molar-refractivity contribution < 1.29 is 4.52 Å². The van der Waals surface area contributed by atoms with Crippen molar-refractivity contribution in [1.29, 1.82) is 0 Å². The Kier molecular flexibility index (Phi) is 5.21. The molecule has 0 saturated carbocycles. The molecule has 1 aromatic carbocycles. The fourth-order valence-corrected chi connectivity index (χ4v) is 2.75. The number of hydrogen-bond donors (Lipinski definition) is 0. The molecule has 0 atom stereocenters. The van der Waals surface area contributed by atoms with Crippen molar-refractivity contribution in [2.45, 2.75) is 59.3 Å². The molecule has 0 aliphatic heterocycles. The van der Waals surface area contributed by atoms with Gasteiger partial charge in [-0.2, -0.15) is 0 Å². The first-order valence-electron chi connectivity index (χ1n) is 6.38. The highest BCUT2D eigenvalue weighted by Gasteiger charge is 2.25. The Morgan fingerprint density at radius 3 is 1.84 bits per heavy atom. The minimum Gasteiger partial charge on any atom is -0.444 e. The van der Waals surface area contributed by atoms with E-state index >= 15 is 0 Å². The van der Waals surface area contributed by atoms with Crippen LogP contribution in [-0.2, 0) is 10.8 Å². The highest BCUT2D eigenvalue weighted by molar-refractivity contribution is 8.00. The van der Waals surface area contributed by atoms with E-state index in [0.29, 0.717) is 0 Å². The number of rotatable bonds is 2. The van der Waals surface area contributed by atoms with E-state index in [1.54, 1.807) is 0 Å². The summed E-state index contributed by atoms with van der Waals surface area (Å²) in [6.45, 7) is 13.8. The maximum Gasteiger partial charge on any atom is 0.284 e. The number of benzene rings is 1. The molecule has 0 fully saturated rings. The lowest BCUT2D eigenvalue weighted by Crippen LogP contribution is -2.17. The van der Waals surface area contributed by atoms with E-state index in [2.05, 4.69) is 53.7 Å². The minimum atomic E-state index is -1.45. The molecule has 0 radical (unpaired) electrons. The maximum absolute atomic E-state index is 5.84. The van der Waals surface area contributed by atoms with Gasteiger partial charge in [0.25, 0.3) is 6.85 Å². The normalized spacial score (nSPS) is 12.9. The van der Waals surface area contributed by atoms with E-state index in [0.717, 1.165) is 16.9 Å². The molecule has 108 valence electrons. The highest BCUT2D eigenvalue weighted by Crippen LogP contribution is 2.51. The third-order valence-electron chi connectivity index (χ3n) is 3.11. The quantitative estimate of drug-likeness (QED) is 0.552. The smallest absolute Gasteiger partial charge is 0.284 e. The molecule has 19 heavy (non-hydrogen) atoms. The lowest BCUT2D eigenvalue weighted by Gasteiger charge is -2.28. The molecule has 1 rings (SSSR count). The third-order valence-corrected chi connectivity index (χ3v) is 3.84. The Labute approximate surface area is 128 Å². The van der Waals surface area contributed by atoms with Crippen LogP contribution in [0.5, 0.6) is 5.75 Å². The lowest BCUT2D eigenvalue weighted by molar-refractivity contribution is 0.530. The second-order valence-electron chi connectivity index (χ2n) is 6.96. The van der Waals surface area contributed by atoms with Gasteiger partial charge in [-0.1, -0.05) is 53.7 Å². The summed E-state index contributed by atoms with van der Waals surface area (Å²) in [7, 11) is 0. The van der Waals surface area contributed by atoms with E-state index in [4.69, 9.17) is 27.0 Å². The van der Waals surface area contributed by atoms with Gasteiger partial charge in [0.2, 0.25) is 0 Å². The molecule has 0 unspecified atom stereocenters. The summed E-state index contributed by atoms with van der Waals surface area (Å²) in [4.78, 5) is 0. The van der Waals surface area contributed by atoms with Gasteiger partial charge >= 0.3 is 0 Å². The van der Waals surface area contributed by atoms with E-state index in [1.807, 2.05) is 6.92 Å². The number of aryl methyl sites for hydroxylation is 1. The predicted octanol–water partition coefficient (Wildman–Crippen LogP) is 6.67. The standard InChI is InChI=1S/C15H23Cl2OP/c1-10-8-11(14(2,3)4)9-12(15(5,6)7)13(10)18-19(16)17/h8-9H,1-7H3. The largest absolute Gasteiger partial charge is 0.444 e. The Morgan fingerprint density at radius 1 is 0.947 bits per heavy atom. The van der Waals surface area contributed by atoms with Crippen molar-refractivity contribution in [2.75, 3.05) is 0 Å². The van der Waals surface area contributed by atoms with Crippen molar-refractivity contribution in [3.05, 3.63) is 28.8 Å². The van der Waals surface area contributed by atoms with Crippen LogP contribution in [0.1, 0.15) is 58.2 Å². The topological polar surface area (TPSA) is 9.23 Å². The van der Waals surface area contributed by atoms with Gasteiger partial charge in [-0.25, -0.2) is 0 Å². The predicted molar refractivity (Wildman–Crippen MR) is 87.8 cm³/mol. The van der Waals surface area contributed by atoms with Gasteiger partial charge in [-0.05, 0) is 51.4 Å². The summed E-state index contributed by atoms with van der Waals surface area (Å²) in [5.74, 6) is 0.830. The Hall–Kier alpha value is 0.0300. The van der Waals surface area contributed by atoms with Crippen LogP contribution in [0, 0.1) is 6.92 Å². The second kappa shape index (κ2) is 5.80. The molecule has 1 aromatic rings. The highest BCUT2D eigenvalue weighted by atomic mass is 35.9. The monoisotopic (exact) mass is 320 g/mol. The van der Waals surface area contributed by atoms with E-state index in [1.165, 1.54) is 5.56 Å². The zero-order valence-electron chi connectivity index (χ0n) is 12.8. The van der Waals surface area contributed by atoms with Gasteiger partial charge in [-0.3, -0.25) is 0 Å². The van der Waals surface area contributed by atoms with Crippen LogP contribution < -0.4 is 4.52 Å². The van der Waals surface area contributed by atoms with Crippen molar-refractivity contribution in [1.82, 2.24) is 0 Å². The Bertz CT molecular complexity index is 456. The minimum absolute atomic E-state index is 0.0134. The van der Waals surface area contributed by atoms with Crippen molar-refractivity contribution in [3.63, 3.8) is 0 Å². The molecular formula is C15H23Cl2OP. The zero-order valence-corrected chi connectivity index (χ0v) is 15.2. The SMILES string of the molecule is Cc1cc(C(C)(C)C)cc(C(C)(C)C)c1OP(Cl)Cl. The van der Waals surface area contributed by atoms with Gasteiger partial charge < -0.3 is 4.52 Å². The molecule has 0 heterocycles. The Balaban J connectivity index is 3.48. The number of halogens is 2. The van der Waals surface area contributed by atoms with Crippen LogP contribution in [0.2, 0.25) is 0 Å². The van der Waals surface area contributed by atoms with Crippen molar-refractivity contribution >= 4 is 29.3 Å². The lowest BCUT2D eigenvalue weighted by atomic mass is 9.79. The molecule has 0 aliphatic carbocycles. The molecule has 4 heteroatoms. The van der Waals surface area contributed by atoms with E-state index in [-0.39, 0.29) is 10.8 Å². The summed E-state index contributed by atoms with van der Waals surface area (Å²) in [6, 6.07) is 4.38. The summed E-state index contributed by atoms with van der Waals surface area (Å²) in [5, 5.41) is 0. The maximum atomic E-state index is 5.84. The molecule has 0 spiro atoms. The second-order valence-corrected chi connectivity index (χ2v) is 9.91. The van der Waals surface area contributed by atoms with Gasteiger partial charge in [0.15, 0.2) is 0 Å². The fraction of sp³-hybridized carbons (Fsp3) is 0.600. The van der Waals surface area contributed by atoms with E-state index in [9.17, 15) is 0 Å². The molecule has 0 aromatic heterocycles. The first kappa shape index (κ1) is 17.1. The molecule has 0 bridgehead atoms. The zero-order chi connectivity index (χ0) is 15.0. The summed E-state index contributed by atoms with van der Waals surface area (Å²) in [5.41, 5.74) is 3.64. The average molecular weight is 321 g/mol. The van der Waals surface area contributed by atoms with Crippen LogP contribution in [-0.4, -0.2) is 0 Å². The van der Waals surface area contributed by atoms with Gasteiger partial charge in [-0.15, -0.1) is 0 Å². The molecule has 0 N–H and O–H groups in total. The fourth-order valence-electron chi connectivity index (χ4n) is 1.95. The Morgan fingerprint density at radius 2 is 1.47 bits per heavy atom. The van der Waals surface area contributed by atoms with Crippen LogP contribution in [0.15, 0.2) is 12.1 Å². The molecular weight excluding hydrogens is 298 g/mol. The van der Waals surface area contributed by atoms with E-state index < -0.39 is 6.85 Å². The van der Waals surface area contributed by atoms with Crippen molar-refractivity contribution in [2.24, 2.45) is 0 Å². The first-order valence-corrected chi connectivity index (χ1v) is 9.45. The van der Waals surface area contributed by atoms with Gasteiger partial charge in [0, 0.05) is 5.56 Å². The summed E-state index contributed by atoms with van der Waals surface area (Å²) >= 11 is 11.7. The summed E-state index contributed by atoms with van der Waals surface area (Å²) in [6.07, 6.45) is 0. The van der Waals surface area contributed by atoms with Crippen LogP contribution in [0.3, 0.4) is 0 Å². The molecule has 1 nitrogen and oxygen atoms in total. The molecule has 0 aliphatic rings. The van der Waals surface area contributed by atoms with Gasteiger partial charge in [0.1, 0.15) is 5.75 Å². The van der Waals surface area contributed by atoms with Crippen LogP contribution >= 0.6 is 29.3 Å². The van der Waals surface area contributed by atoms with Crippen molar-refractivity contribution in [3.8, 4) is 5.75 Å². The van der Waals surface area contributed by atoms with Crippen LogP contribution in [0.25, 0.3) is 0 Å². The summed E-state index contributed by atoms with van der Waals surface area (Å²) < 4.78 is 5.67.